The molecule has 0 aromatic heterocycles. The fourth-order valence-corrected chi connectivity index (χ4v) is 3.51. The van der Waals surface area contributed by atoms with Gasteiger partial charge in [-0.2, -0.15) is 0 Å². The Labute approximate surface area is 170 Å². The Morgan fingerprint density at radius 1 is 1.10 bits per heavy atom. The molecule has 1 N–H and O–H groups in total. The highest BCUT2D eigenvalue weighted by molar-refractivity contribution is 6.08. The molecule has 1 aliphatic heterocycles. The van der Waals surface area contributed by atoms with Crippen molar-refractivity contribution in [1.29, 1.82) is 0 Å². The Morgan fingerprint density at radius 3 is 2.66 bits per heavy atom. The van der Waals surface area contributed by atoms with E-state index in [4.69, 9.17) is 4.74 Å². The first-order valence-corrected chi connectivity index (χ1v) is 9.89. The maximum absolute atomic E-state index is 12.6. The van der Waals surface area contributed by atoms with E-state index in [1.54, 1.807) is 47.4 Å². The van der Waals surface area contributed by atoms with Gasteiger partial charge in [0.1, 0.15) is 0 Å². The quantitative estimate of drug-likeness (QED) is 0.783. The third-order valence-corrected chi connectivity index (χ3v) is 5.13. The first-order chi connectivity index (χ1) is 14.0. The van der Waals surface area contributed by atoms with Gasteiger partial charge in [-0.1, -0.05) is 29.8 Å². The molecule has 1 saturated heterocycles. The van der Waals surface area contributed by atoms with Gasteiger partial charge in [0.05, 0.1) is 11.3 Å². The Kier molecular flexibility index (Phi) is 6.65. The number of likely N-dealkylation sites (tertiary alicyclic amines) is 1. The summed E-state index contributed by atoms with van der Waals surface area (Å²) in [5.41, 5.74) is 2.04. The number of aryl methyl sites for hydroxylation is 1. The maximum atomic E-state index is 12.6. The zero-order chi connectivity index (χ0) is 20.8. The van der Waals surface area contributed by atoms with Gasteiger partial charge >= 0.3 is 5.97 Å². The number of piperidine rings is 1. The third-order valence-electron chi connectivity index (χ3n) is 5.13. The Hall–Kier alpha value is -3.15. The second kappa shape index (κ2) is 9.37. The van der Waals surface area contributed by atoms with E-state index in [1.807, 2.05) is 19.9 Å². The number of nitrogens with zero attached hydrogens (tertiary/aromatic N) is 1. The van der Waals surface area contributed by atoms with Gasteiger partial charge in [-0.15, -0.1) is 0 Å². The summed E-state index contributed by atoms with van der Waals surface area (Å²) in [5, 5.41) is 2.76. The van der Waals surface area contributed by atoms with Crippen molar-refractivity contribution in [2.75, 3.05) is 18.5 Å². The van der Waals surface area contributed by atoms with Crippen molar-refractivity contribution in [2.24, 2.45) is 0 Å². The normalized spacial score (nSPS) is 16.2. The van der Waals surface area contributed by atoms with E-state index >= 15 is 0 Å². The van der Waals surface area contributed by atoms with Crippen molar-refractivity contribution < 1.29 is 19.1 Å². The van der Waals surface area contributed by atoms with E-state index in [0.717, 1.165) is 24.8 Å². The van der Waals surface area contributed by atoms with Crippen LogP contribution in [-0.2, 0) is 9.53 Å². The van der Waals surface area contributed by atoms with Crippen LogP contribution in [0.1, 0.15) is 52.5 Å². The monoisotopic (exact) mass is 394 g/mol. The highest BCUT2D eigenvalue weighted by Gasteiger charge is 2.24. The average Bonchev–Trinajstić information content (AvgIpc) is 2.72. The molecule has 0 saturated carbocycles. The molecule has 0 radical (unpaired) electrons. The molecule has 2 amide bonds. The summed E-state index contributed by atoms with van der Waals surface area (Å²) >= 11 is 0. The minimum Gasteiger partial charge on any atom is -0.452 e. The minimum atomic E-state index is -0.636. The van der Waals surface area contributed by atoms with E-state index in [2.05, 4.69) is 5.32 Å². The smallest absolute Gasteiger partial charge is 0.340 e. The molecule has 1 fully saturated rings. The molecule has 0 aliphatic carbocycles. The molecule has 3 rings (SSSR count). The number of para-hydroxylation sites is 1. The molecule has 0 bridgehead atoms. The van der Waals surface area contributed by atoms with E-state index in [0.29, 0.717) is 17.8 Å². The van der Waals surface area contributed by atoms with Gasteiger partial charge in [0.15, 0.2) is 6.61 Å². The predicted molar refractivity (Wildman–Crippen MR) is 111 cm³/mol. The molecule has 6 nitrogen and oxygen atoms in total. The number of anilines is 1. The summed E-state index contributed by atoms with van der Waals surface area (Å²) < 4.78 is 5.26. The molecule has 1 heterocycles. The van der Waals surface area contributed by atoms with Gasteiger partial charge in [0.25, 0.3) is 11.8 Å². The molecule has 2 aromatic carbocycles. The number of carbonyl (C=O) groups excluding carboxylic acids is 3. The van der Waals surface area contributed by atoms with Crippen molar-refractivity contribution in [3.8, 4) is 0 Å². The topological polar surface area (TPSA) is 75.7 Å². The molecule has 0 spiro atoms. The lowest BCUT2D eigenvalue weighted by Gasteiger charge is -2.33. The summed E-state index contributed by atoms with van der Waals surface area (Å²) in [4.78, 5) is 39.3. The van der Waals surface area contributed by atoms with Crippen molar-refractivity contribution in [2.45, 2.75) is 39.2 Å². The zero-order valence-corrected chi connectivity index (χ0v) is 16.8. The van der Waals surface area contributed by atoms with Gasteiger partial charge in [-0.3, -0.25) is 9.59 Å². The largest absolute Gasteiger partial charge is 0.452 e. The fourth-order valence-electron chi connectivity index (χ4n) is 3.51. The second-order valence-corrected chi connectivity index (χ2v) is 7.38. The average molecular weight is 394 g/mol. The Bertz CT molecular complexity index is 909. The van der Waals surface area contributed by atoms with Crippen molar-refractivity contribution >= 4 is 23.5 Å². The van der Waals surface area contributed by atoms with Gasteiger partial charge in [0, 0.05) is 18.2 Å². The Morgan fingerprint density at radius 2 is 1.90 bits per heavy atom. The minimum absolute atomic E-state index is 0.163. The molecular weight excluding hydrogens is 368 g/mol. The maximum Gasteiger partial charge on any atom is 0.340 e. The number of carbonyl (C=O) groups is 3. The zero-order valence-electron chi connectivity index (χ0n) is 16.8. The molecule has 0 unspecified atom stereocenters. The number of hydrogen-bond acceptors (Lipinski definition) is 4. The molecule has 6 heteroatoms. The van der Waals surface area contributed by atoms with Crippen LogP contribution in [0.2, 0.25) is 0 Å². The number of nitrogens with one attached hydrogen (secondary N) is 1. The molecule has 2 aromatic rings. The SMILES string of the molecule is Cc1cccc(C(=O)Nc2ccccc2C(=O)OCC(=O)N2CCCC[C@@H]2C)c1. The standard InChI is InChI=1S/C23H26N2O4/c1-16-8-7-10-18(14-16)22(27)24-20-12-4-3-11-19(20)23(28)29-15-21(26)25-13-6-5-9-17(25)2/h3-4,7-8,10-12,14,17H,5-6,9,13,15H2,1-2H3,(H,24,27)/t17-/m0/s1. The van der Waals surface area contributed by atoms with Crippen molar-refractivity contribution in [3.63, 3.8) is 0 Å². The fraction of sp³-hybridized carbons (Fsp3) is 0.348. The predicted octanol–water partition coefficient (Wildman–Crippen LogP) is 3.81. The van der Waals surface area contributed by atoms with Crippen LogP contribution >= 0.6 is 0 Å². The first kappa shape index (κ1) is 20.6. The van der Waals surface area contributed by atoms with Crippen LogP contribution in [-0.4, -0.2) is 41.9 Å². The van der Waals surface area contributed by atoms with Gasteiger partial charge in [0.2, 0.25) is 0 Å². The Balaban J connectivity index is 1.65. The van der Waals surface area contributed by atoms with Crippen LogP contribution < -0.4 is 5.32 Å². The van der Waals surface area contributed by atoms with Gasteiger partial charge in [-0.25, -0.2) is 4.79 Å². The first-order valence-electron chi connectivity index (χ1n) is 9.89. The lowest BCUT2D eigenvalue weighted by molar-refractivity contribution is -0.137. The van der Waals surface area contributed by atoms with E-state index in [-0.39, 0.29) is 30.0 Å². The van der Waals surface area contributed by atoms with Crippen LogP contribution in [0.5, 0.6) is 0 Å². The summed E-state index contributed by atoms with van der Waals surface area (Å²) in [7, 11) is 0. The molecule has 29 heavy (non-hydrogen) atoms. The van der Waals surface area contributed by atoms with Crippen LogP contribution in [0.4, 0.5) is 5.69 Å². The van der Waals surface area contributed by atoms with Crippen LogP contribution in [0.15, 0.2) is 48.5 Å². The van der Waals surface area contributed by atoms with Crippen LogP contribution in [0, 0.1) is 6.92 Å². The molecule has 1 atom stereocenters. The molecule has 1 aliphatic rings. The number of hydrogen-bond donors (Lipinski definition) is 1. The lowest BCUT2D eigenvalue weighted by Crippen LogP contribution is -2.44. The lowest BCUT2D eigenvalue weighted by atomic mass is 10.0. The van der Waals surface area contributed by atoms with E-state index in [1.165, 1.54) is 0 Å². The summed E-state index contributed by atoms with van der Waals surface area (Å²) in [5.74, 6) is -1.14. The number of rotatable bonds is 5. The van der Waals surface area contributed by atoms with Crippen molar-refractivity contribution in [1.82, 2.24) is 4.90 Å². The highest BCUT2D eigenvalue weighted by atomic mass is 16.5. The van der Waals surface area contributed by atoms with Crippen LogP contribution in [0.25, 0.3) is 0 Å². The van der Waals surface area contributed by atoms with Gasteiger partial charge < -0.3 is 15.0 Å². The molecular formula is C23H26N2O4. The highest BCUT2D eigenvalue weighted by Crippen LogP contribution is 2.19. The number of benzene rings is 2. The second-order valence-electron chi connectivity index (χ2n) is 7.38. The number of ether oxygens (including phenoxy) is 1. The number of amides is 2. The van der Waals surface area contributed by atoms with Crippen LogP contribution in [0.3, 0.4) is 0 Å². The van der Waals surface area contributed by atoms with E-state index < -0.39 is 5.97 Å². The summed E-state index contributed by atoms with van der Waals surface area (Å²) in [6.07, 6.45) is 3.05. The number of esters is 1. The molecule has 152 valence electrons. The van der Waals surface area contributed by atoms with Crippen molar-refractivity contribution in [3.05, 3.63) is 65.2 Å². The summed E-state index contributed by atoms with van der Waals surface area (Å²) in [6.45, 7) is 4.31. The van der Waals surface area contributed by atoms with Gasteiger partial charge in [-0.05, 0) is 57.4 Å². The summed E-state index contributed by atoms with van der Waals surface area (Å²) in [6, 6.07) is 14.0. The van der Waals surface area contributed by atoms with E-state index in [9.17, 15) is 14.4 Å². The third kappa shape index (κ3) is 5.22.